The summed E-state index contributed by atoms with van der Waals surface area (Å²) in [7, 11) is 4.72. The van der Waals surface area contributed by atoms with Crippen molar-refractivity contribution < 1.29 is 14.2 Å². The van der Waals surface area contributed by atoms with Crippen LogP contribution in [0.3, 0.4) is 0 Å². The quantitative estimate of drug-likeness (QED) is 0.787. The van der Waals surface area contributed by atoms with E-state index >= 15 is 0 Å². The number of hydrogen-bond donors (Lipinski definition) is 0. The zero-order chi connectivity index (χ0) is 12.8. The topological polar surface area (TPSA) is 51.5 Å². The minimum atomic E-state index is -0.204. The normalized spacial score (nSPS) is 11.5. The highest BCUT2D eigenvalue weighted by Crippen LogP contribution is 2.38. The fourth-order valence-corrected chi connectivity index (χ4v) is 1.71. The lowest BCUT2D eigenvalue weighted by atomic mass is 9.96. The first kappa shape index (κ1) is 13.2. The summed E-state index contributed by atoms with van der Waals surface area (Å²) in [6.45, 7) is 1.96. The number of rotatable bonds is 5. The van der Waals surface area contributed by atoms with Crippen molar-refractivity contribution in [2.45, 2.75) is 19.3 Å². The molecule has 0 saturated heterocycles. The van der Waals surface area contributed by atoms with Crippen LogP contribution in [-0.2, 0) is 0 Å². The molecule has 0 aliphatic heterocycles. The smallest absolute Gasteiger partial charge is 0.164 e. The number of nitriles is 1. The Balaban J connectivity index is 3.33. The van der Waals surface area contributed by atoms with Gasteiger partial charge in [0.2, 0.25) is 0 Å². The Kier molecular flexibility index (Phi) is 4.65. The summed E-state index contributed by atoms with van der Waals surface area (Å²) in [6.07, 6.45) is 0.725. The summed E-state index contributed by atoms with van der Waals surface area (Å²) >= 11 is 0. The van der Waals surface area contributed by atoms with Crippen LogP contribution in [0.25, 0.3) is 0 Å². The standard InChI is InChI=1S/C13H17NO3/c1-5-9(8-14)10-6-12(16-3)13(17-4)7-11(10)15-2/h6-7,9H,5H2,1-4H3. The molecule has 0 amide bonds. The Bertz CT molecular complexity index is 423. The van der Waals surface area contributed by atoms with Crippen LogP contribution in [0.2, 0.25) is 0 Å². The van der Waals surface area contributed by atoms with E-state index in [2.05, 4.69) is 6.07 Å². The Hall–Kier alpha value is -1.89. The molecule has 0 radical (unpaired) electrons. The lowest BCUT2D eigenvalue weighted by Crippen LogP contribution is -2.01. The summed E-state index contributed by atoms with van der Waals surface area (Å²) < 4.78 is 15.7. The average molecular weight is 235 g/mol. The number of nitrogens with zero attached hydrogens (tertiary/aromatic N) is 1. The molecule has 0 bridgehead atoms. The van der Waals surface area contributed by atoms with E-state index < -0.39 is 0 Å². The molecule has 4 heteroatoms. The van der Waals surface area contributed by atoms with E-state index in [0.717, 1.165) is 12.0 Å². The summed E-state index contributed by atoms with van der Waals surface area (Å²) in [5.41, 5.74) is 0.829. The second-order valence-electron chi connectivity index (χ2n) is 3.54. The predicted octanol–water partition coefficient (Wildman–Crippen LogP) is 2.73. The molecule has 1 rings (SSSR count). The largest absolute Gasteiger partial charge is 0.496 e. The van der Waals surface area contributed by atoms with E-state index in [1.54, 1.807) is 33.5 Å². The first-order valence-electron chi connectivity index (χ1n) is 5.41. The van der Waals surface area contributed by atoms with Crippen LogP contribution in [0.4, 0.5) is 0 Å². The molecule has 1 atom stereocenters. The maximum absolute atomic E-state index is 9.11. The van der Waals surface area contributed by atoms with Gasteiger partial charge in [-0.05, 0) is 12.5 Å². The van der Waals surface area contributed by atoms with Crippen LogP contribution in [-0.4, -0.2) is 21.3 Å². The molecule has 1 unspecified atom stereocenters. The van der Waals surface area contributed by atoms with Gasteiger partial charge in [0, 0.05) is 11.6 Å². The van der Waals surface area contributed by atoms with Crippen LogP contribution < -0.4 is 14.2 Å². The van der Waals surface area contributed by atoms with Crippen molar-refractivity contribution in [3.8, 4) is 23.3 Å². The predicted molar refractivity (Wildman–Crippen MR) is 64.7 cm³/mol. The Morgan fingerprint density at radius 1 is 1.06 bits per heavy atom. The molecule has 1 aromatic carbocycles. The summed E-state index contributed by atoms with van der Waals surface area (Å²) in [4.78, 5) is 0. The molecule has 0 fully saturated rings. The number of ether oxygens (including phenoxy) is 3. The first-order valence-corrected chi connectivity index (χ1v) is 5.41. The van der Waals surface area contributed by atoms with E-state index in [1.807, 2.05) is 6.92 Å². The van der Waals surface area contributed by atoms with Crippen molar-refractivity contribution in [2.24, 2.45) is 0 Å². The van der Waals surface area contributed by atoms with Gasteiger partial charge in [0.05, 0.1) is 33.3 Å². The van der Waals surface area contributed by atoms with E-state index in [9.17, 15) is 0 Å². The monoisotopic (exact) mass is 235 g/mol. The molecule has 0 saturated carbocycles. The van der Waals surface area contributed by atoms with Gasteiger partial charge in [-0.1, -0.05) is 6.92 Å². The van der Waals surface area contributed by atoms with Crippen LogP contribution >= 0.6 is 0 Å². The van der Waals surface area contributed by atoms with Crippen molar-refractivity contribution in [3.05, 3.63) is 17.7 Å². The molecule has 0 N–H and O–H groups in total. The molecule has 0 aromatic heterocycles. The summed E-state index contributed by atoms with van der Waals surface area (Å²) in [6, 6.07) is 5.80. The van der Waals surface area contributed by atoms with Crippen LogP contribution in [0, 0.1) is 11.3 Å². The van der Waals surface area contributed by atoms with Crippen molar-refractivity contribution in [1.82, 2.24) is 0 Å². The molecular weight excluding hydrogens is 218 g/mol. The molecule has 17 heavy (non-hydrogen) atoms. The second kappa shape index (κ2) is 6.00. The molecule has 0 spiro atoms. The molecule has 92 valence electrons. The SMILES string of the molecule is CCC(C#N)c1cc(OC)c(OC)cc1OC. The van der Waals surface area contributed by atoms with Gasteiger partial charge in [-0.25, -0.2) is 0 Å². The van der Waals surface area contributed by atoms with Crippen LogP contribution in [0.1, 0.15) is 24.8 Å². The number of benzene rings is 1. The maximum Gasteiger partial charge on any atom is 0.164 e. The number of methoxy groups -OCH3 is 3. The zero-order valence-electron chi connectivity index (χ0n) is 10.6. The molecule has 0 aliphatic carbocycles. The van der Waals surface area contributed by atoms with Crippen molar-refractivity contribution >= 4 is 0 Å². The highest BCUT2D eigenvalue weighted by Gasteiger charge is 2.18. The summed E-state index contributed by atoms with van der Waals surface area (Å²) in [5.74, 6) is 1.65. The highest BCUT2D eigenvalue weighted by molar-refractivity contribution is 5.53. The van der Waals surface area contributed by atoms with E-state index in [1.165, 1.54) is 0 Å². The second-order valence-corrected chi connectivity index (χ2v) is 3.54. The van der Waals surface area contributed by atoms with Crippen molar-refractivity contribution in [2.75, 3.05) is 21.3 Å². The Labute approximate surface area is 102 Å². The van der Waals surface area contributed by atoms with Gasteiger partial charge in [-0.15, -0.1) is 0 Å². The molecular formula is C13H17NO3. The van der Waals surface area contributed by atoms with E-state index in [0.29, 0.717) is 17.2 Å². The molecule has 0 aliphatic rings. The number of hydrogen-bond acceptors (Lipinski definition) is 4. The van der Waals surface area contributed by atoms with Gasteiger partial charge in [-0.3, -0.25) is 0 Å². The van der Waals surface area contributed by atoms with Gasteiger partial charge >= 0.3 is 0 Å². The van der Waals surface area contributed by atoms with Gasteiger partial charge in [0.15, 0.2) is 11.5 Å². The van der Waals surface area contributed by atoms with Crippen molar-refractivity contribution in [1.29, 1.82) is 5.26 Å². The Morgan fingerprint density at radius 2 is 1.59 bits per heavy atom. The fraction of sp³-hybridized carbons (Fsp3) is 0.462. The van der Waals surface area contributed by atoms with Gasteiger partial charge in [0.25, 0.3) is 0 Å². The highest BCUT2D eigenvalue weighted by atomic mass is 16.5. The van der Waals surface area contributed by atoms with Crippen LogP contribution in [0.5, 0.6) is 17.2 Å². The minimum Gasteiger partial charge on any atom is -0.496 e. The fourth-order valence-electron chi connectivity index (χ4n) is 1.71. The minimum absolute atomic E-state index is 0.204. The summed E-state index contributed by atoms with van der Waals surface area (Å²) in [5, 5.41) is 9.11. The molecule has 0 heterocycles. The third kappa shape index (κ3) is 2.62. The lowest BCUT2D eigenvalue weighted by molar-refractivity contribution is 0.347. The first-order chi connectivity index (χ1) is 8.21. The average Bonchev–Trinajstić information content (AvgIpc) is 2.39. The van der Waals surface area contributed by atoms with E-state index in [4.69, 9.17) is 19.5 Å². The third-order valence-corrected chi connectivity index (χ3v) is 2.68. The zero-order valence-corrected chi connectivity index (χ0v) is 10.6. The van der Waals surface area contributed by atoms with Crippen molar-refractivity contribution in [3.63, 3.8) is 0 Å². The maximum atomic E-state index is 9.11. The lowest BCUT2D eigenvalue weighted by Gasteiger charge is -2.16. The van der Waals surface area contributed by atoms with Gasteiger partial charge in [0.1, 0.15) is 5.75 Å². The molecule has 4 nitrogen and oxygen atoms in total. The van der Waals surface area contributed by atoms with E-state index in [-0.39, 0.29) is 5.92 Å². The molecule has 1 aromatic rings. The van der Waals surface area contributed by atoms with Crippen LogP contribution in [0.15, 0.2) is 12.1 Å². The van der Waals surface area contributed by atoms with Gasteiger partial charge < -0.3 is 14.2 Å². The third-order valence-electron chi connectivity index (χ3n) is 2.68. The Morgan fingerprint density at radius 3 is 2.00 bits per heavy atom. The van der Waals surface area contributed by atoms with Gasteiger partial charge in [-0.2, -0.15) is 5.26 Å².